The Bertz CT molecular complexity index is 963. The number of rotatable bonds is 4. The lowest BCUT2D eigenvalue weighted by molar-refractivity contribution is 0.185. The van der Waals surface area contributed by atoms with Crippen LogP contribution in [-0.2, 0) is 6.42 Å². The van der Waals surface area contributed by atoms with Crippen molar-refractivity contribution in [3.05, 3.63) is 70.5 Å². The second-order valence-electron chi connectivity index (χ2n) is 7.08. The van der Waals surface area contributed by atoms with E-state index >= 15 is 0 Å². The highest BCUT2D eigenvalue weighted by Gasteiger charge is 2.29. The molecule has 150 valence electrons. The van der Waals surface area contributed by atoms with Crippen LogP contribution in [0, 0.1) is 0 Å². The molecule has 6 nitrogen and oxygen atoms in total. The molecular formula is C21H22BrN5OS. The number of carbonyl (C=O) groups excluding carboxylic acids is 1. The summed E-state index contributed by atoms with van der Waals surface area (Å²) in [5, 5.41) is 3.90. The number of nitrogens with zero attached hydrogens (tertiary/aromatic N) is 4. The van der Waals surface area contributed by atoms with E-state index in [-0.39, 0.29) is 12.1 Å². The normalized spacial score (nSPS) is 16.7. The van der Waals surface area contributed by atoms with Crippen molar-refractivity contribution < 1.29 is 4.79 Å². The Hall–Kier alpha value is -2.45. The molecule has 2 aromatic carbocycles. The van der Waals surface area contributed by atoms with E-state index in [1.165, 1.54) is 17.1 Å². The maximum Gasteiger partial charge on any atom is 0.322 e. The molecule has 1 saturated heterocycles. The van der Waals surface area contributed by atoms with Crippen molar-refractivity contribution in [1.29, 1.82) is 0 Å². The summed E-state index contributed by atoms with van der Waals surface area (Å²) in [6, 6.07) is 17.9. The van der Waals surface area contributed by atoms with Gasteiger partial charge in [0.05, 0.1) is 0 Å². The number of aromatic nitrogens is 2. The minimum Gasteiger partial charge on any atom is -0.343 e. The molecule has 1 unspecified atom stereocenters. The van der Waals surface area contributed by atoms with Gasteiger partial charge in [0, 0.05) is 53.8 Å². The molecule has 1 aliphatic rings. The highest BCUT2D eigenvalue weighted by molar-refractivity contribution is 9.10. The van der Waals surface area contributed by atoms with Gasteiger partial charge in [0.25, 0.3) is 0 Å². The van der Waals surface area contributed by atoms with Crippen LogP contribution >= 0.6 is 27.5 Å². The van der Waals surface area contributed by atoms with Gasteiger partial charge in [0.2, 0.25) is 5.13 Å². The Labute approximate surface area is 182 Å². The van der Waals surface area contributed by atoms with Crippen LogP contribution in [-0.4, -0.2) is 46.0 Å². The Balaban J connectivity index is 1.35. The van der Waals surface area contributed by atoms with Crippen LogP contribution < -0.4 is 10.2 Å². The van der Waals surface area contributed by atoms with Gasteiger partial charge in [-0.15, -0.1) is 0 Å². The third-order valence-electron chi connectivity index (χ3n) is 4.92. The van der Waals surface area contributed by atoms with Crippen molar-refractivity contribution in [2.45, 2.75) is 19.4 Å². The second kappa shape index (κ2) is 8.92. The molecule has 0 saturated carbocycles. The van der Waals surface area contributed by atoms with E-state index in [1.807, 2.05) is 47.4 Å². The van der Waals surface area contributed by atoms with E-state index in [2.05, 4.69) is 49.6 Å². The summed E-state index contributed by atoms with van der Waals surface area (Å²) in [6.07, 6.45) is 0.739. The number of amides is 2. The van der Waals surface area contributed by atoms with Crippen LogP contribution in [0.25, 0.3) is 0 Å². The summed E-state index contributed by atoms with van der Waals surface area (Å²) in [5.74, 6) is 0.847. The topological polar surface area (TPSA) is 61.4 Å². The molecule has 8 heteroatoms. The minimum absolute atomic E-state index is 0.0681. The molecule has 2 amide bonds. The molecule has 0 radical (unpaired) electrons. The lowest BCUT2D eigenvalue weighted by Gasteiger charge is -2.39. The number of carbonyl (C=O) groups is 1. The molecule has 1 aromatic heterocycles. The van der Waals surface area contributed by atoms with Crippen molar-refractivity contribution in [1.82, 2.24) is 14.3 Å². The zero-order valence-electron chi connectivity index (χ0n) is 16.1. The van der Waals surface area contributed by atoms with Crippen LogP contribution in [0.5, 0.6) is 0 Å². The first-order valence-electron chi connectivity index (χ1n) is 9.53. The summed E-state index contributed by atoms with van der Waals surface area (Å²) in [6.45, 7) is 4.21. The van der Waals surface area contributed by atoms with E-state index in [0.717, 1.165) is 40.6 Å². The van der Waals surface area contributed by atoms with Gasteiger partial charge in [0.15, 0.2) is 0 Å². The van der Waals surface area contributed by atoms with E-state index in [1.54, 1.807) is 0 Å². The molecule has 0 bridgehead atoms. The van der Waals surface area contributed by atoms with Crippen molar-refractivity contribution in [2.24, 2.45) is 0 Å². The number of benzene rings is 2. The summed E-state index contributed by atoms with van der Waals surface area (Å²) < 4.78 is 5.51. The minimum atomic E-state index is -0.0681. The standard InChI is InChI=1S/C21H22BrN5OS/c1-15-14-26(21-24-19(25-29-21)13-16-5-3-2-4-6-16)11-12-27(15)20(28)23-18-9-7-17(22)8-10-18/h2-10,15H,11-14H2,1H3,(H,23,28). The average molecular weight is 472 g/mol. The first-order valence-corrected chi connectivity index (χ1v) is 11.1. The van der Waals surface area contributed by atoms with Crippen molar-refractivity contribution in [3.63, 3.8) is 0 Å². The van der Waals surface area contributed by atoms with Crippen molar-refractivity contribution >= 4 is 44.3 Å². The SMILES string of the molecule is CC1CN(c2nc(Cc3ccccc3)ns2)CCN1C(=O)Nc1ccc(Br)cc1. The van der Waals surface area contributed by atoms with Crippen LogP contribution in [0.3, 0.4) is 0 Å². The Kier molecular flexibility index (Phi) is 6.10. The molecule has 4 rings (SSSR count). The molecule has 0 spiro atoms. The number of nitrogens with one attached hydrogen (secondary N) is 1. The lowest BCUT2D eigenvalue weighted by Crippen LogP contribution is -2.55. The van der Waals surface area contributed by atoms with Gasteiger partial charge in [-0.1, -0.05) is 46.3 Å². The molecule has 1 atom stereocenters. The first-order chi connectivity index (χ1) is 14.1. The molecule has 0 aliphatic carbocycles. The molecule has 3 aromatic rings. The number of piperazine rings is 1. The zero-order chi connectivity index (χ0) is 20.2. The van der Waals surface area contributed by atoms with Gasteiger partial charge in [-0.05, 0) is 36.8 Å². The lowest BCUT2D eigenvalue weighted by atomic mass is 10.1. The van der Waals surface area contributed by atoms with Crippen molar-refractivity contribution in [3.8, 4) is 0 Å². The smallest absolute Gasteiger partial charge is 0.322 e. The summed E-state index contributed by atoms with van der Waals surface area (Å²) in [5.41, 5.74) is 2.00. The van der Waals surface area contributed by atoms with E-state index in [4.69, 9.17) is 4.98 Å². The Morgan fingerprint density at radius 1 is 1.17 bits per heavy atom. The predicted octanol–water partition coefficient (Wildman–Crippen LogP) is 4.63. The zero-order valence-corrected chi connectivity index (χ0v) is 18.5. The number of hydrogen-bond acceptors (Lipinski definition) is 5. The van der Waals surface area contributed by atoms with Gasteiger partial charge in [-0.25, -0.2) is 9.78 Å². The number of urea groups is 1. The molecule has 1 fully saturated rings. The summed E-state index contributed by atoms with van der Waals surface area (Å²) in [7, 11) is 0. The monoisotopic (exact) mass is 471 g/mol. The second-order valence-corrected chi connectivity index (χ2v) is 8.73. The van der Waals surface area contributed by atoms with Crippen LogP contribution in [0.1, 0.15) is 18.3 Å². The quantitative estimate of drug-likeness (QED) is 0.602. The van der Waals surface area contributed by atoms with E-state index in [0.29, 0.717) is 6.54 Å². The molecule has 29 heavy (non-hydrogen) atoms. The molecule has 1 N–H and O–H groups in total. The van der Waals surface area contributed by atoms with E-state index < -0.39 is 0 Å². The van der Waals surface area contributed by atoms with E-state index in [9.17, 15) is 4.79 Å². The number of hydrogen-bond donors (Lipinski definition) is 1. The third kappa shape index (κ3) is 4.94. The number of anilines is 2. The molecule has 1 aliphatic heterocycles. The highest BCUT2D eigenvalue weighted by atomic mass is 79.9. The average Bonchev–Trinajstić information content (AvgIpc) is 3.19. The van der Waals surface area contributed by atoms with Crippen LogP contribution in [0.15, 0.2) is 59.1 Å². The maximum absolute atomic E-state index is 12.7. The molecular weight excluding hydrogens is 450 g/mol. The fraction of sp³-hybridized carbons (Fsp3) is 0.286. The van der Waals surface area contributed by atoms with Gasteiger partial charge >= 0.3 is 6.03 Å². The van der Waals surface area contributed by atoms with Gasteiger partial charge in [0.1, 0.15) is 5.82 Å². The Morgan fingerprint density at radius 3 is 2.66 bits per heavy atom. The predicted molar refractivity (Wildman–Crippen MR) is 121 cm³/mol. The van der Waals surface area contributed by atoms with Crippen LogP contribution in [0.4, 0.5) is 15.6 Å². The summed E-state index contributed by atoms with van der Waals surface area (Å²) in [4.78, 5) is 21.5. The largest absolute Gasteiger partial charge is 0.343 e. The first kappa shape index (κ1) is 19.8. The number of halogens is 1. The highest BCUT2D eigenvalue weighted by Crippen LogP contribution is 2.23. The van der Waals surface area contributed by atoms with Crippen molar-refractivity contribution in [2.75, 3.05) is 29.9 Å². The Morgan fingerprint density at radius 2 is 1.93 bits per heavy atom. The maximum atomic E-state index is 12.7. The van der Waals surface area contributed by atoms with Gasteiger partial charge < -0.3 is 15.1 Å². The fourth-order valence-electron chi connectivity index (χ4n) is 3.38. The third-order valence-corrected chi connectivity index (χ3v) is 6.26. The van der Waals surface area contributed by atoms with Gasteiger partial charge in [-0.3, -0.25) is 0 Å². The fourth-order valence-corrected chi connectivity index (χ4v) is 4.37. The van der Waals surface area contributed by atoms with Crippen LogP contribution in [0.2, 0.25) is 0 Å². The molecule has 2 heterocycles. The summed E-state index contributed by atoms with van der Waals surface area (Å²) >= 11 is 4.84. The van der Waals surface area contributed by atoms with Gasteiger partial charge in [-0.2, -0.15) is 4.37 Å².